The fourth-order valence-electron chi connectivity index (χ4n) is 7.69. The Balaban J connectivity index is 1.35. The molecule has 3 unspecified atom stereocenters. The van der Waals surface area contributed by atoms with Crippen molar-refractivity contribution in [1.82, 2.24) is 25.5 Å². The SMILES string of the molecule is C=C[C@@H]1C[C@]1(NC(=O)C1C[C@@H](Oc2cc(-c3csc(NC(C)C)n3)nc3cc(OC)ccc23)CN1C(=O)C(NC(=O)OC1CCCC1)C(C)(C)C)P(=O)(O)OC(C)C. The van der Waals surface area contributed by atoms with Gasteiger partial charge in [0.2, 0.25) is 11.8 Å². The largest absolute Gasteiger partial charge is 0.497 e. The number of anilines is 1. The Kier molecular flexibility index (Phi) is 12.8. The number of methoxy groups -OCH3 is 1. The van der Waals surface area contributed by atoms with Crippen molar-refractivity contribution >= 4 is 52.9 Å². The van der Waals surface area contributed by atoms with Crippen LogP contribution in [0.5, 0.6) is 11.5 Å². The molecule has 3 aliphatic rings. The highest BCUT2D eigenvalue weighted by atomic mass is 32.1. The van der Waals surface area contributed by atoms with Gasteiger partial charge in [-0.1, -0.05) is 26.8 Å². The first kappa shape index (κ1) is 43.3. The molecule has 3 amide bonds. The average molecular weight is 841 g/mol. The van der Waals surface area contributed by atoms with E-state index in [1.807, 2.05) is 46.1 Å². The topological polar surface area (TPSA) is 191 Å². The molecular formula is C41H57N6O9PS. The predicted molar refractivity (Wildman–Crippen MR) is 223 cm³/mol. The fraction of sp³-hybridized carbons (Fsp3) is 0.585. The average Bonchev–Trinajstić information content (AvgIpc) is 3.54. The third-order valence-electron chi connectivity index (χ3n) is 10.7. The van der Waals surface area contributed by atoms with E-state index < -0.39 is 66.4 Å². The molecule has 0 spiro atoms. The number of hydrogen-bond donors (Lipinski definition) is 4. The zero-order valence-electron chi connectivity index (χ0n) is 34.6. The molecular weight excluding hydrogens is 784 g/mol. The van der Waals surface area contributed by atoms with E-state index in [4.69, 9.17) is 28.7 Å². The Labute approximate surface area is 344 Å². The van der Waals surface area contributed by atoms with Crippen LogP contribution in [0.15, 0.2) is 42.3 Å². The molecule has 3 fully saturated rings. The van der Waals surface area contributed by atoms with Crippen molar-refractivity contribution in [2.75, 3.05) is 19.0 Å². The Bertz CT molecular complexity index is 2060. The highest BCUT2D eigenvalue weighted by Crippen LogP contribution is 2.70. The molecule has 0 bridgehead atoms. The smallest absolute Gasteiger partial charge is 0.408 e. The van der Waals surface area contributed by atoms with Gasteiger partial charge in [0.15, 0.2) is 5.13 Å². The Morgan fingerprint density at radius 1 is 1.09 bits per heavy atom. The highest BCUT2D eigenvalue weighted by Gasteiger charge is 2.67. The number of alkyl carbamates (subject to hydrolysis) is 1. The molecule has 1 saturated heterocycles. The van der Waals surface area contributed by atoms with E-state index in [9.17, 15) is 23.8 Å². The van der Waals surface area contributed by atoms with Crippen LogP contribution in [0.3, 0.4) is 0 Å². The minimum Gasteiger partial charge on any atom is -0.497 e. The Hall–Kier alpha value is -4.24. The predicted octanol–water partition coefficient (Wildman–Crippen LogP) is 7.25. The van der Waals surface area contributed by atoms with E-state index in [1.54, 1.807) is 39.2 Å². The van der Waals surface area contributed by atoms with Crippen LogP contribution < -0.4 is 25.4 Å². The third kappa shape index (κ3) is 9.46. The van der Waals surface area contributed by atoms with Gasteiger partial charge in [0, 0.05) is 41.3 Å². The van der Waals surface area contributed by atoms with Crippen molar-refractivity contribution in [1.29, 1.82) is 0 Å². The van der Waals surface area contributed by atoms with Crippen LogP contribution >= 0.6 is 18.9 Å². The van der Waals surface area contributed by atoms with Gasteiger partial charge in [-0.15, -0.1) is 17.9 Å². The van der Waals surface area contributed by atoms with E-state index in [0.717, 1.165) is 30.8 Å². The molecule has 17 heteroatoms. The summed E-state index contributed by atoms with van der Waals surface area (Å²) in [4.78, 5) is 64.7. The summed E-state index contributed by atoms with van der Waals surface area (Å²) in [5.41, 5.74) is 0.980. The van der Waals surface area contributed by atoms with Crippen LogP contribution in [0.1, 0.15) is 87.0 Å². The summed E-state index contributed by atoms with van der Waals surface area (Å²) in [6.45, 7) is 16.6. The molecule has 6 atom stereocenters. The summed E-state index contributed by atoms with van der Waals surface area (Å²) in [5.74, 6) is -0.647. The molecule has 1 aromatic carbocycles. The Morgan fingerprint density at radius 3 is 2.43 bits per heavy atom. The number of carbonyl (C=O) groups excluding carboxylic acids is 3. The number of amides is 3. The van der Waals surface area contributed by atoms with Crippen LogP contribution in [0.25, 0.3) is 22.3 Å². The molecule has 1 aliphatic heterocycles. The molecule has 15 nitrogen and oxygen atoms in total. The maximum Gasteiger partial charge on any atom is 0.408 e. The van der Waals surface area contributed by atoms with Crippen LogP contribution in [0.4, 0.5) is 9.93 Å². The number of hydrogen-bond acceptors (Lipinski definition) is 12. The monoisotopic (exact) mass is 840 g/mol. The van der Waals surface area contributed by atoms with E-state index in [2.05, 4.69) is 22.5 Å². The molecule has 3 heterocycles. The van der Waals surface area contributed by atoms with E-state index in [1.165, 1.54) is 22.3 Å². The zero-order valence-corrected chi connectivity index (χ0v) is 36.3. The summed E-state index contributed by atoms with van der Waals surface area (Å²) in [7, 11) is -2.84. The number of nitrogens with zero attached hydrogens (tertiary/aromatic N) is 3. The second-order valence-corrected chi connectivity index (χ2v) is 20.0. The summed E-state index contributed by atoms with van der Waals surface area (Å²) in [6, 6.07) is 5.18. The van der Waals surface area contributed by atoms with Gasteiger partial charge in [-0.05, 0) is 77.3 Å². The van der Waals surface area contributed by atoms with Crippen LogP contribution in [-0.2, 0) is 23.4 Å². The van der Waals surface area contributed by atoms with Crippen molar-refractivity contribution in [2.24, 2.45) is 11.3 Å². The lowest BCUT2D eigenvalue weighted by Crippen LogP contribution is -2.58. The van der Waals surface area contributed by atoms with Crippen molar-refractivity contribution in [2.45, 2.75) is 129 Å². The summed E-state index contributed by atoms with van der Waals surface area (Å²) in [5, 5.41) is 10.7. The van der Waals surface area contributed by atoms with Gasteiger partial charge < -0.3 is 44.5 Å². The number of likely N-dealkylation sites (tertiary alicyclic amines) is 1. The van der Waals surface area contributed by atoms with Gasteiger partial charge in [-0.3, -0.25) is 14.2 Å². The van der Waals surface area contributed by atoms with E-state index >= 15 is 0 Å². The lowest BCUT2D eigenvalue weighted by atomic mass is 9.85. The number of rotatable bonds is 15. The highest BCUT2D eigenvalue weighted by molar-refractivity contribution is 7.55. The number of carbonyl (C=O) groups is 3. The maximum atomic E-state index is 14.8. The maximum absolute atomic E-state index is 14.8. The number of ether oxygens (including phenoxy) is 3. The summed E-state index contributed by atoms with van der Waals surface area (Å²) in [6.07, 6.45) is 2.89. The Morgan fingerprint density at radius 2 is 1.81 bits per heavy atom. The lowest BCUT2D eigenvalue weighted by Gasteiger charge is -2.35. The third-order valence-corrected chi connectivity index (χ3v) is 13.8. The first-order valence-electron chi connectivity index (χ1n) is 20.0. The van der Waals surface area contributed by atoms with Crippen LogP contribution in [-0.4, -0.2) is 93.0 Å². The second-order valence-electron chi connectivity index (χ2n) is 17.1. The number of thiazole rings is 1. The van der Waals surface area contributed by atoms with Crippen LogP contribution in [0, 0.1) is 11.3 Å². The number of fused-ring (bicyclic) bond motifs is 1. The summed E-state index contributed by atoms with van der Waals surface area (Å²) >= 11 is 1.46. The molecule has 2 aliphatic carbocycles. The van der Waals surface area contributed by atoms with E-state index in [-0.39, 0.29) is 31.5 Å². The molecule has 3 aromatic rings. The van der Waals surface area contributed by atoms with Gasteiger partial charge in [-0.2, -0.15) is 0 Å². The van der Waals surface area contributed by atoms with Gasteiger partial charge in [0.25, 0.3) is 0 Å². The van der Waals surface area contributed by atoms with E-state index in [0.29, 0.717) is 33.8 Å². The molecule has 316 valence electrons. The van der Waals surface area contributed by atoms with Crippen molar-refractivity contribution < 1.29 is 42.6 Å². The first-order chi connectivity index (χ1) is 27.3. The van der Waals surface area contributed by atoms with Gasteiger partial charge in [-0.25, -0.2) is 14.8 Å². The number of nitrogens with one attached hydrogen (secondary N) is 3. The zero-order chi connectivity index (χ0) is 42.2. The summed E-state index contributed by atoms with van der Waals surface area (Å²) < 4.78 is 37.1. The number of benzene rings is 1. The normalized spacial score (nSPS) is 23.7. The van der Waals surface area contributed by atoms with Gasteiger partial charge in [0.1, 0.15) is 46.8 Å². The van der Waals surface area contributed by atoms with Gasteiger partial charge in [0.05, 0.1) is 31.0 Å². The first-order valence-corrected chi connectivity index (χ1v) is 22.4. The second kappa shape index (κ2) is 17.2. The molecule has 6 rings (SSSR count). The lowest BCUT2D eigenvalue weighted by molar-refractivity contribution is -0.142. The minimum atomic E-state index is -4.41. The molecule has 2 aromatic heterocycles. The minimum absolute atomic E-state index is 0.0328. The number of aromatic nitrogens is 2. The standard InChI is InChI=1S/C41H57N6O9PS/c1-10-25-20-41(25,57(51,52)56-24(4)5)46-36(48)33-18-28(21-47(33)37(49)35(40(6,7)8)45-39(50)55-26-13-11-12-14-26)54-34-19-31(32-22-58-38(44-32)42-23(2)3)43-30-17-27(53-9)15-16-29(30)34/h10,15-17,19,22-26,28,33,35H,1,11-14,18,20-21H2,2-9H3,(H,42,44)(H,45,50)(H,46,48)(H,51,52)/t25-,28-,33?,35?,41+/m1/s1. The fourth-order valence-corrected chi connectivity index (χ4v) is 10.5. The quantitative estimate of drug-likeness (QED) is 0.0888. The molecule has 0 radical (unpaired) electrons. The van der Waals surface area contributed by atoms with Crippen molar-refractivity contribution in [3.63, 3.8) is 0 Å². The van der Waals surface area contributed by atoms with Crippen molar-refractivity contribution in [3.8, 4) is 22.9 Å². The van der Waals surface area contributed by atoms with Crippen molar-refractivity contribution in [3.05, 3.63) is 42.3 Å². The van der Waals surface area contributed by atoms with Crippen LogP contribution in [0.2, 0.25) is 0 Å². The molecule has 4 N–H and O–H groups in total. The van der Waals surface area contributed by atoms with Gasteiger partial charge >= 0.3 is 13.7 Å². The molecule has 2 saturated carbocycles. The molecule has 58 heavy (non-hydrogen) atoms. The number of pyridine rings is 1.